The number of nitrogens with two attached hydrogens (primary N) is 1. The van der Waals surface area contributed by atoms with Crippen molar-refractivity contribution in [2.24, 2.45) is 5.41 Å². The first-order valence-electron chi connectivity index (χ1n) is 6.21. The van der Waals surface area contributed by atoms with E-state index in [9.17, 15) is 4.21 Å². The first kappa shape index (κ1) is 15.5. The van der Waals surface area contributed by atoms with Crippen molar-refractivity contribution in [2.45, 2.75) is 32.1 Å². The third kappa shape index (κ3) is 4.56. The number of nitrogen functional groups attached to an aromatic ring is 1. The Balaban J connectivity index is 2.82. The van der Waals surface area contributed by atoms with E-state index in [-0.39, 0.29) is 0 Å². The highest BCUT2D eigenvalue weighted by atomic mass is 32.2. The van der Waals surface area contributed by atoms with Crippen LogP contribution in [0.4, 0.5) is 5.69 Å². The number of hydrogen-bond donors (Lipinski definition) is 1. The molecular formula is C14H20N2O2S. The molecule has 0 aliphatic carbocycles. The van der Waals surface area contributed by atoms with Crippen LogP contribution in [0, 0.1) is 16.7 Å². The zero-order valence-corrected chi connectivity index (χ0v) is 12.4. The molecule has 0 aliphatic rings. The van der Waals surface area contributed by atoms with Crippen molar-refractivity contribution < 1.29 is 8.95 Å². The maximum atomic E-state index is 12.3. The largest absolute Gasteiger partial charge is 0.494 e. The Kier molecular flexibility index (Phi) is 5.37. The van der Waals surface area contributed by atoms with Gasteiger partial charge < -0.3 is 10.5 Å². The molecule has 0 spiro atoms. The first-order chi connectivity index (χ1) is 8.89. The number of rotatable bonds is 6. The summed E-state index contributed by atoms with van der Waals surface area (Å²) in [6.45, 7) is 6.12. The molecule has 0 amide bonds. The van der Waals surface area contributed by atoms with Crippen molar-refractivity contribution in [1.29, 1.82) is 5.26 Å². The number of ether oxygens (including phenoxy) is 1. The van der Waals surface area contributed by atoms with Gasteiger partial charge >= 0.3 is 0 Å². The van der Waals surface area contributed by atoms with Crippen LogP contribution in [0.25, 0.3) is 0 Å². The second-order valence-corrected chi connectivity index (χ2v) is 6.47. The SMILES string of the molecule is CCOc1ccc(N)c(S(=O)CCC(C)(C)C#N)c1. The van der Waals surface area contributed by atoms with E-state index >= 15 is 0 Å². The monoisotopic (exact) mass is 280 g/mol. The number of benzene rings is 1. The normalized spacial score (nSPS) is 12.7. The van der Waals surface area contributed by atoms with Gasteiger partial charge in [-0.1, -0.05) is 0 Å². The smallest absolute Gasteiger partial charge is 0.120 e. The molecular weight excluding hydrogens is 260 g/mol. The van der Waals surface area contributed by atoms with E-state index < -0.39 is 16.2 Å². The Morgan fingerprint density at radius 2 is 2.16 bits per heavy atom. The van der Waals surface area contributed by atoms with Gasteiger partial charge in [0.1, 0.15) is 5.75 Å². The summed E-state index contributed by atoms with van der Waals surface area (Å²) < 4.78 is 17.6. The Labute approximate surface area is 117 Å². The summed E-state index contributed by atoms with van der Waals surface area (Å²) in [5.41, 5.74) is 5.87. The van der Waals surface area contributed by atoms with Gasteiger partial charge in [-0.05, 0) is 45.4 Å². The standard InChI is InChI=1S/C14H20N2O2S/c1-4-18-11-5-6-12(16)13(9-11)19(17)8-7-14(2,3)10-15/h5-6,9H,4,7-8,16H2,1-3H3. The molecule has 5 heteroatoms. The van der Waals surface area contributed by atoms with Crippen molar-refractivity contribution in [2.75, 3.05) is 18.1 Å². The molecule has 0 saturated carbocycles. The Bertz CT molecular complexity index is 507. The number of nitrogens with zero attached hydrogens (tertiary/aromatic N) is 1. The Morgan fingerprint density at radius 3 is 2.74 bits per heavy atom. The van der Waals surface area contributed by atoms with Gasteiger partial charge in [-0.3, -0.25) is 4.21 Å². The number of nitriles is 1. The van der Waals surface area contributed by atoms with Gasteiger partial charge in [0.05, 0.1) is 33.8 Å². The maximum absolute atomic E-state index is 12.3. The van der Waals surface area contributed by atoms with Crippen molar-refractivity contribution in [3.63, 3.8) is 0 Å². The summed E-state index contributed by atoms with van der Waals surface area (Å²) in [6, 6.07) is 7.39. The van der Waals surface area contributed by atoms with Crippen LogP contribution < -0.4 is 10.5 Å². The van der Waals surface area contributed by atoms with Gasteiger partial charge in [0.25, 0.3) is 0 Å². The van der Waals surface area contributed by atoms with Crippen LogP contribution in [0.2, 0.25) is 0 Å². The van der Waals surface area contributed by atoms with Gasteiger partial charge in [0.15, 0.2) is 0 Å². The second-order valence-electron chi connectivity index (χ2n) is 4.93. The first-order valence-corrected chi connectivity index (χ1v) is 7.53. The molecule has 0 aromatic heterocycles. The molecule has 104 valence electrons. The van der Waals surface area contributed by atoms with Crippen molar-refractivity contribution in [3.8, 4) is 11.8 Å². The number of hydrogen-bond acceptors (Lipinski definition) is 4. The van der Waals surface area contributed by atoms with Crippen molar-refractivity contribution >= 4 is 16.5 Å². The van der Waals surface area contributed by atoms with Crippen LogP contribution in [0.1, 0.15) is 27.2 Å². The Morgan fingerprint density at radius 1 is 1.47 bits per heavy atom. The lowest BCUT2D eigenvalue weighted by molar-refractivity contribution is 0.339. The molecule has 0 bridgehead atoms. The summed E-state index contributed by atoms with van der Waals surface area (Å²) in [5, 5.41) is 8.95. The van der Waals surface area contributed by atoms with Crippen LogP contribution in [0.3, 0.4) is 0 Å². The number of anilines is 1. The van der Waals surface area contributed by atoms with Crippen molar-refractivity contribution in [3.05, 3.63) is 18.2 Å². The zero-order valence-electron chi connectivity index (χ0n) is 11.6. The van der Waals surface area contributed by atoms with Crippen molar-refractivity contribution in [1.82, 2.24) is 0 Å². The quantitative estimate of drug-likeness (QED) is 0.813. The van der Waals surface area contributed by atoms with Crippen LogP contribution in [-0.4, -0.2) is 16.6 Å². The fourth-order valence-electron chi connectivity index (χ4n) is 1.48. The average Bonchev–Trinajstić information content (AvgIpc) is 2.38. The second kappa shape index (κ2) is 6.58. The summed E-state index contributed by atoms with van der Waals surface area (Å²) in [4.78, 5) is 0.583. The van der Waals surface area contributed by atoms with Gasteiger partial charge in [-0.25, -0.2) is 0 Å². The van der Waals surface area contributed by atoms with E-state index in [1.165, 1.54) is 0 Å². The summed E-state index contributed by atoms with van der Waals surface area (Å²) >= 11 is 0. The molecule has 0 saturated heterocycles. The summed E-state index contributed by atoms with van der Waals surface area (Å²) in [7, 11) is -1.21. The van der Waals surface area contributed by atoms with E-state index in [1.807, 2.05) is 20.8 Å². The molecule has 19 heavy (non-hydrogen) atoms. The van der Waals surface area contributed by atoms with Crippen LogP contribution in [-0.2, 0) is 10.8 Å². The van der Waals surface area contributed by atoms with Crippen LogP contribution >= 0.6 is 0 Å². The fourth-order valence-corrected chi connectivity index (χ4v) is 2.98. The van der Waals surface area contributed by atoms with E-state index in [0.717, 1.165) is 0 Å². The van der Waals surface area contributed by atoms with E-state index in [4.69, 9.17) is 15.7 Å². The molecule has 1 aromatic carbocycles. The van der Waals surface area contributed by atoms with E-state index in [1.54, 1.807) is 18.2 Å². The molecule has 1 rings (SSSR count). The molecule has 2 N–H and O–H groups in total. The average molecular weight is 280 g/mol. The minimum absolute atomic E-state index is 0.417. The van der Waals surface area contributed by atoms with Gasteiger partial charge in [-0.2, -0.15) is 5.26 Å². The predicted molar refractivity (Wildman–Crippen MR) is 77.3 cm³/mol. The van der Waals surface area contributed by atoms with Gasteiger partial charge in [-0.15, -0.1) is 0 Å². The highest BCUT2D eigenvalue weighted by Gasteiger charge is 2.19. The third-order valence-corrected chi connectivity index (χ3v) is 4.18. The molecule has 1 aromatic rings. The van der Waals surface area contributed by atoms with E-state index in [2.05, 4.69) is 6.07 Å². The minimum atomic E-state index is -1.21. The fraction of sp³-hybridized carbons (Fsp3) is 0.500. The predicted octanol–water partition coefficient (Wildman–Crippen LogP) is 2.71. The molecule has 1 atom stereocenters. The summed E-state index contributed by atoms with van der Waals surface area (Å²) in [6.07, 6.45) is 0.564. The molecule has 4 nitrogen and oxygen atoms in total. The molecule has 1 unspecified atom stereocenters. The van der Waals surface area contributed by atoms with Gasteiger partial charge in [0, 0.05) is 11.4 Å². The van der Waals surface area contributed by atoms with Gasteiger partial charge in [0.2, 0.25) is 0 Å². The lowest BCUT2D eigenvalue weighted by Gasteiger charge is -2.15. The van der Waals surface area contributed by atoms with Crippen LogP contribution in [0.5, 0.6) is 5.75 Å². The summed E-state index contributed by atoms with van der Waals surface area (Å²) in [5.74, 6) is 1.08. The molecule has 0 heterocycles. The zero-order chi connectivity index (χ0) is 14.5. The van der Waals surface area contributed by atoms with Crippen LogP contribution in [0.15, 0.2) is 23.1 Å². The lowest BCUT2D eigenvalue weighted by Crippen LogP contribution is -2.13. The minimum Gasteiger partial charge on any atom is -0.494 e. The Hall–Kier alpha value is -1.54. The lowest BCUT2D eigenvalue weighted by atomic mass is 9.93. The maximum Gasteiger partial charge on any atom is 0.120 e. The highest BCUT2D eigenvalue weighted by molar-refractivity contribution is 7.85. The topological polar surface area (TPSA) is 76.1 Å². The molecule has 0 radical (unpaired) electrons. The molecule has 0 aliphatic heterocycles. The van der Waals surface area contributed by atoms with E-state index in [0.29, 0.717) is 35.1 Å². The molecule has 0 fully saturated rings. The third-order valence-electron chi connectivity index (χ3n) is 2.76. The highest BCUT2D eigenvalue weighted by Crippen LogP contribution is 2.26.